The first-order valence-corrected chi connectivity index (χ1v) is 18.3. The number of fused-ring (bicyclic) bond motifs is 5. The standard InChI is InChI=1S/C38H52N6O2/c1-26-22-31-29-9-8-27-23-28(45)10-12-37(27,2)30(29)11-13-38(31,3)35(26)32(46)25-41-18-20-43(21-19-41)34-24-33(42-14-4-5-15-42)39-36(40-34)44-16-6-7-17-44/h10-12,23-24,26,29,31,35H,4-9,13-22,25H2,1-3H3/t26-,29-,31?,35-,37+,38+/m1/s1. The van der Waals surface area contributed by atoms with Crippen molar-refractivity contribution in [3.8, 4) is 0 Å². The van der Waals surface area contributed by atoms with Gasteiger partial charge >= 0.3 is 0 Å². The second-order valence-corrected chi connectivity index (χ2v) is 15.9. The lowest BCUT2D eigenvalue weighted by Gasteiger charge is -2.52. The molecule has 0 amide bonds. The minimum atomic E-state index is -0.128. The average Bonchev–Trinajstić information content (AvgIpc) is 3.83. The second kappa shape index (κ2) is 11.6. The molecular formula is C38H52N6O2. The lowest BCUT2D eigenvalue weighted by atomic mass is 9.52. The lowest BCUT2D eigenvalue weighted by Crippen LogP contribution is -2.51. The first-order chi connectivity index (χ1) is 22.2. The number of hydrogen-bond donors (Lipinski definition) is 0. The largest absolute Gasteiger partial charge is 0.356 e. The van der Waals surface area contributed by atoms with Crippen LogP contribution in [0.4, 0.5) is 17.6 Å². The maximum absolute atomic E-state index is 14.2. The van der Waals surface area contributed by atoms with Crippen molar-refractivity contribution in [1.82, 2.24) is 14.9 Å². The maximum Gasteiger partial charge on any atom is 0.229 e. The Morgan fingerprint density at radius 1 is 0.913 bits per heavy atom. The number of rotatable bonds is 6. The Morgan fingerprint density at radius 3 is 2.26 bits per heavy atom. The molecule has 8 nitrogen and oxygen atoms in total. The van der Waals surface area contributed by atoms with Gasteiger partial charge in [0, 0.05) is 69.8 Å². The third-order valence-corrected chi connectivity index (χ3v) is 13.2. The summed E-state index contributed by atoms with van der Waals surface area (Å²) in [5.41, 5.74) is 2.68. The molecule has 0 N–H and O–H groups in total. The van der Waals surface area contributed by atoms with Gasteiger partial charge in [-0.3, -0.25) is 14.5 Å². The highest BCUT2D eigenvalue weighted by Crippen LogP contribution is 2.65. The predicted octanol–water partition coefficient (Wildman–Crippen LogP) is 5.46. The fourth-order valence-electron chi connectivity index (χ4n) is 10.8. The Kier molecular flexibility index (Phi) is 7.65. The summed E-state index contributed by atoms with van der Waals surface area (Å²) >= 11 is 0. The third-order valence-electron chi connectivity index (χ3n) is 13.2. The van der Waals surface area contributed by atoms with Crippen molar-refractivity contribution in [2.75, 3.05) is 73.6 Å². The first-order valence-electron chi connectivity index (χ1n) is 18.3. The number of hydrogen-bond acceptors (Lipinski definition) is 8. The molecule has 0 radical (unpaired) electrons. The van der Waals surface area contributed by atoms with E-state index in [1.165, 1.54) is 36.8 Å². The normalized spacial score (nSPS) is 36.0. The molecule has 0 aromatic carbocycles. The number of piperazine rings is 1. The quantitative estimate of drug-likeness (QED) is 0.387. The van der Waals surface area contributed by atoms with Crippen molar-refractivity contribution in [3.05, 3.63) is 41.5 Å². The van der Waals surface area contributed by atoms with Crippen LogP contribution >= 0.6 is 0 Å². The van der Waals surface area contributed by atoms with E-state index in [0.717, 1.165) is 95.6 Å². The number of allylic oxidation sites excluding steroid dienone is 6. The molecule has 246 valence electrons. The van der Waals surface area contributed by atoms with Crippen LogP contribution in [0.3, 0.4) is 0 Å². The van der Waals surface area contributed by atoms with Crippen LogP contribution in [0.15, 0.2) is 41.5 Å². The van der Waals surface area contributed by atoms with Crippen LogP contribution in [-0.4, -0.2) is 85.3 Å². The number of Topliss-reactive ketones (excluding diaryl/α,β-unsaturated/α-hetero) is 1. The van der Waals surface area contributed by atoms with Crippen molar-refractivity contribution < 1.29 is 9.59 Å². The Hall–Kier alpha value is -3.00. The third kappa shape index (κ3) is 5.05. The van der Waals surface area contributed by atoms with Gasteiger partial charge in [0.1, 0.15) is 11.6 Å². The molecule has 0 bridgehead atoms. The van der Waals surface area contributed by atoms with Gasteiger partial charge in [0.15, 0.2) is 11.6 Å². The second-order valence-electron chi connectivity index (χ2n) is 15.9. The molecule has 1 unspecified atom stereocenters. The van der Waals surface area contributed by atoms with Gasteiger partial charge in [-0.05, 0) is 93.6 Å². The van der Waals surface area contributed by atoms with E-state index in [1.54, 1.807) is 6.08 Å². The number of carbonyl (C=O) groups excluding carboxylic acids is 2. The van der Waals surface area contributed by atoms with E-state index >= 15 is 0 Å². The zero-order valence-corrected chi connectivity index (χ0v) is 28.2. The summed E-state index contributed by atoms with van der Waals surface area (Å²) in [5, 5.41) is 0. The Labute approximate surface area is 275 Å². The van der Waals surface area contributed by atoms with Crippen LogP contribution in [0.1, 0.15) is 72.1 Å². The summed E-state index contributed by atoms with van der Waals surface area (Å²) < 4.78 is 0. The van der Waals surface area contributed by atoms with Gasteiger partial charge in [-0.1, -0.05) is 37.1 Å². The van der Waals surface area contributed by atoms with Gasteiger partial charge in [-0.15, -0.1) is 0 Å². The molecule has 1 aromatic heterocycles. The topological polar surface area (TPSA) is 72.9 Å². The van der Waals surface area contributed by atoms with Crippen LogP contribution in [0.25, 0.3) is 0 Å². The molecule has 4 aliphatic carbocycles. The zero-order chi connectivity index (χ0) is 31.6. The van der Waals surface area contributed by atoms with Crippen molar-refractivity contribution in [2.45, 2.75) is 72.1 Å². The van der Waals surface area contributed by atoms with E-state index in [9.17, 15) is 9.59 Å². The highest BCUT2D eigenvalue weighted by molar-refractivity contribution is 6.01. The molecule has 8 rings (SSSR count). The van der Waals surface area contributed by atoms with Crippen LogP contribution in [0, 0.1) is 34.5 Å². The average molecular weight is 625 g/mol. The van der Waals surface area contributed by atoms with Crippen molar-refractivity contribution >= 4 is 29.2 Å². The predicted molar refractivity (Wildman–Crippen MR) is 183 cm³/mol. The van der Waals surface area contributed by atoms with Gasteiger partial charge in [0.2, 0.25) is 5.95 Å². The van der Waals surface area contributed by atoms with Crippen molar-refractivity contribution in [3.63, 3.8) is 0 Å². The molecule has 6 atom stereocenters. The molecule has 0 spiro atoms. The van der Waals surface area contributed by atoms with Gasteiger partial charge < -0.3 is 14.7 Å². The summed E-state index contributed by atoms with van der Waals surface area (Å²) in [6.07, 6.45) is 17.4. The van der Waals surface area contributed by atoms with E-state index < -0.39 is 0 Å². The van der Waals surface area contributed by atoms with Crippen molar-refractivity contribution in [2.24, 2.45) is 34.5 Å². The summed E-state index contributed by atoms with van der Waals surface area (Å²) in [6, 6.07) is 2.21. The van der Waals surface area contributed by atoms with Crippen LogP contribution < -0.4 is 14.7 Å². The Bertz CT molecular complexity index is 1450. The Balaban J connectivity index is 0.947. The lowest BCUT2D eigenvalue weighted by molar-refractivity contribution is -0.129. The SMILES string of the molecule is C[C@@H]1CC2[C@@H]3CCC4=CC(=O)C=C[C@]4(C)C3=CC[C@]2(C)[C@H]1C(=O)CN1CCN(c2cc(N3CCCC3)nc(N3CCCC3)n2)CC1. The molecule has 2 saturated carbocycles. The molecule has 4 heterocycles. The minimum absolute atomic E-state index is 0.0111. The molecule has 46 heavy (non-hydrogen) atoms. The van der Waals surface area contributed by atoms with Gasteiger partial charge in [-0.25, -0.2) is 0 Å². The monoisotopic (exact) mass is 624 g/mol. The van der Waals surface area contributed by atoms with Gasteiger partial charge in [0.05, 0.1) is 6.54 Å². The van der Waals surface area contributed by atoms with E-state index in [1.807, 2.05) is 6.08 Å². The molecule has 5 fully saturated rings. The number of anilines is 3. The van der Waals surface area contributed by atoms with Gasteiger partial charge in [0.25, 0.3) is 0 Å². The molecule has 7 aliphatic rings. The van der Waals surface area contributed by atoms with Crippen LogP contribution in [0.5, 0.6) is 0 Å². The van der Waals surface area contributed by atoms with Crippen LogP contribution in [-0.2, 0) is 9.59 Å². The van der Waals surface area contributed by atoms with E-state index in [0.29, 0.717) is 30.1 Å². The molecule has 8 heteroatoms. The smallest absolute Gasteiger partial charge is 0.229 e. The molecule has 1 aromatic rings. The van der Waals surface area contributed by atoms with Gasteiger partial charge in [-0.2, -0.15) is 9.97 Å². The highest BCUT2D eigenvalue weighted by atomic mass is 16.1. The fourth-order valence-corrected chi connectivity index (χ4v) is 10.8. The summed E-state index contributed by atoms with van der Waals surface area (Å²) in [5.74, 6) is 5.14. The summed E-state index contributed by atoms with van der Waals surface area (Å²) in [4.78, 5) is 46.1. The minimum Gasteiger partial charge on any atom is -0.356 e. The number of carbonyl (C=O) groups is 2. The van der Waals surface area contributed by atoms with Crippen molar-refractivity contribution in [1.29, 1.82) is 0 Å². The van der Waals surface area contributed by atoms with E-state index in [2.05, 4.69) is 58.6 Å². The molecule has 3 aliphatic heterocycles. The fraction of sp³-hybridized carbons (Fsp3) is 0.684. The first kappa shape index (κ1) is 30.3. The van der Waals surface area contributed by atoms with E-state index in [-0.39, 0.29) is 22.5 Å². The zero-order valence-electron chi connectivity index (χ0n) is 28.2. The summed E-state index contributed by atoms with van der Waals surface area (Å²) in [6.45, 7) is 15.4. The van der Waals surface area contributed by atoms with E-state index in [4.69, 9.17) is 9.97 Å². The molecule has 3 saturated heterocycles. The number of aromatic nitrogens is 2. The number of nitrogens with zero attached hydrogens (tertiary/aromatic N) is 6. The summed E-state index contributed by atoms with van der Waals surface area (Å²) in [7, 11) is 0. The molecular weight excluding hydrogens is 572 g/mol. The Morgan fingerprint density at radius 2 is 1.57 bits per heavy atom. The van der Waals surface area contributed by atoms with Crippen LogP contribution in [0.2, 0.25) is 0 Å². The number of ketones is 2. The highest BCUT2D eigenvalue weighted by Gasteiger charge is 2.59. The maximum atomic E-state index is 14.2.